The lowest BCUT2D eigenvalue weighted by atomic mass is 9.84. The van der Waals surface area contributed by atoms with Crippen molar-refractivity contribution in [1.29, 1.82) is 0 Å². The Morgan fingerprint density at radius 1 is 0.771 bits per heavy atom. The molecule has 0 aromatic heterocycles. The summed E-state index contributed by atoms with van der Waals surface area (Å²) in [7, 11) is 0. The minimum absolute atomic E-state index is 0.0160. The maximum atomic E-state index is 14.7. The van der Waals surface area contributed by atoms with Crippen LogP contribution >= 0.6 is 0 Å². The Hall–Kier alpha value is -3.52. The van der Waals surface area contributed by atoms with Crippen molar-refractivity contribution in [2.45, 2.75) is 120 Å². The van der Waals surface area contributed by atoms with E-state index in [0.29, 0.717) is 11.5 Å². The maximum absolute atomic E-state index is 14.7. The molecule has 2 saturated heterocycles. The van der Waals surface area contributed by atoms with E-state index in [1.807, 2.05) is 75.4 Å². The maximum Gasteiger partial charge on any atom is 0.254 e. The molecular weight excluding hydrogens is 600 g/mol. The van der Waals surface area contributed by atoms with Crippen LogP contribution in [0.4, 0.5) is 0 Å². The predicted octanol–water partition coefficient (Wildman–Crippen LogP) is 7.59. The molecule has 3 fully saturated rings. The highest BCUT2D eigenvalue weighted by Crippen LogP contribution is 2.35. The van der Waals surface area contributed by atoms with Crippen LogP contribution < -0.4 is 5.32 Å². The third-order valence-corrected chi connectivity index (χ3v) is 10.2. The molecule has 3 aromatic rings. The molecule has 0 radical (unpaired) electrons. The van der Waals surface area contributed by atoms with Gasteiger partial charge in [-0.2, -0.15) is 0 Å². The molecule has 2 aliphatic heterocycles. The average Bonchev–Trinajstić information content (AvgIpc) is 3.78. The second-order valence-corrected chi connectivity index (χ2v) is 15.0. The minimum atomic E-state index is -0.858. The number of carbonyl (C=O) groups excluding carboxylic acids is 2. The molecule has 2 amide bonds. The Balaban J connectivity index is 1.31. The Labute approximate surface area is 286 Å². The monoisotopic (exact) mass is 652 g/mol. The molecule has 0 spiro atoms. The van der Waals surface area contributed by atoms with E-state index in [1.165, 1.54) is 37.7 Å². The Morgan fingerprint density at radius 2 is 1.38 bits per heavy atom. The molecule has 1 aliphatic carbocycles. The number of hydrogen-bond acceptors (Lipinski definition) is 5. The number of carbonyl (C=O) groups is 2. The van der Waals surface area contributed by atoms with Gasteiger partial charge in [0.25, 0.3) is 5.91 Å². The van der Waals surface area contributed by atoms with Gasteiger partial charge in [-0.1, -0.05) is 86.0 Å². The first-order valence-electron chi connectivity index (χ1n) is 18.0. The Bertz CT molecular complexity index is 1490. The number of nitrogens with one attached hydrogen (secondary N) is 1. The first-order chi connectivity index (χ1) is 23.2. The van der Waals surface area contributed by atoms with E-state index in [9.17, 15) is 14.7 Å². The number of rotatable bonds is 10. The van der Waals surface area contributed by atoms with Crippen molar-refractivity contribution in [3.63, 3.8) is 0 Å². The molecule has 6 rings (SSSR count). The quantitative estimate of drug-likeness (QED) is 0.236. The van der Waals surface area contributed by atoms with Crippen LogP contribution in [0.3, 0.4) is 0 Å². The summed E-state index contributed by atoms with van der Waals surface area (Å²) in [5.74, 6) is 0.136. The van der Waals surface area contributed by atoms with Gasteiger partial charge in [0.05, 0.1) is 31.0 Å². The molecule has 3 aliphatic rings. The second kappa shape index (κ2) is 15.4. The second-order valence-electron chi connectivity index (χ2n) is 15.0. The smallest absolute Gasteiger partial charge is 0.254 e. The molecule has 2 N–H and O–H groups in total. The van der Waals surface area contributed by atoms with Crippen LogP contribution in [-0.2, 0) is 14.3 Å². The summed E-state index contributed by atoms with van der Waals surface area (Å²) in [6.07, 6.45) is 8.89. The van der Waals surface area contributed by atoms with Gasteiger partial charge in [0.1, 0.15) is 6.04 Å². The van der Waals surface area contributed by atoms with Crippen LogP contribution in [0.25, 0.3) is 11.1 Å². The number of benzene rings is 3. The Morgan fingerprint density at radius 3 is 1.98 bits per heavy atom. The van der Waals surface area contributed by atoms with Crippen LogP contribution in [0.5, 0.6) is 0 Å². The summed E-state index contributed by atoms with van der Waals surface area (Å²) in [6, 6.07) is 25.4. The molecule has 7 nitrogen and oxygen atoms in total. The Kier molecular flexibility index (Phi) is 11.0. The van der Waals surface area contributed by atoms with E-state index in [4.69, 9.17) is 9.47 Å². The highest BCUT2D eigenvalue weighted by Gasteiger charge is 2.41. The van der Waals surface area contributed by atoms with Gasteiger partial charge in [-0.15, -0.1) is 0 Å². The van der Waals surface area contributed by atoms with Gasteiger partial charge in [-0.3, -0.25) is 9.59 Å². The fourth-order valence-corrected chi connectivity index (χ4v) is 7.71. The number of aliphatic hydroxyl groups excluding tert-OH is 1. The van der Waals surface area contributed by atoms with Crippen molar-refractivity contribution in [2.75, 3.05) is 13.2 Å². The van der Waals surface area contributed by atoms with E-state index >= 15 is 0 Å². The summed E-state index contributed by atoms with van der Waals surface area (Å²) in [4.78, 5) is 30.7. The molecule has 3 aromatic carbocycles. The van der Waals surface area contributed by atoms with E-state index in [2.05, 4.69) is 29.6 Å². The molecule has 0 bridgehead atoms. The van der Waals surface area contributed by atoms with Gasteiger partial charge in [0.15, 0.2) is 0 Å². The minimum Gasteiger partial charge on any atom is -0.394 e. The first kappa shape index (κ1) is 34.3. The molecular formula is C41H52N2O5. The molecule has 1 unspecified atom stereocenters. The highest BCUT2D eigenvalue weighted by atomic mass is 16.6. The molecule has 48 heavy (non-hydrogen) atoms. The van der Waals surface area contributed by atoms with E-state index in [1.54, 1.807) is 4.90 Å². The zero-order chi connectivity index (χ0) is 33.7. The van der Waals surface area contributed by atoms with Gasteiger partial charge in [0.2, 0.25) is 5.91 Å². The van der Waals surface area contributed by atoms with Gasteiger partial charge >= 0.3 is 0 Å². The van der Waals surface area contributed by atoms with Crippen LogP contribution in [0.15, 0.2) is 78.9 Å². The molecule has 7 heteroatoms. The lowest BCUT2D eigenvalue weighted by Gasteiger charge is -2.35. The number of nitrogens with zero attached hydrogens (tertiary/aromatic N) is 1. The molecule has 2 heterocycles. The third kappa shape index (κ3) is 8.36. The lowest BCUT2D eigenvalue weighted by Crippen LogP contribution is -2.51. The van der Waals surface area contributed by atoms with Crippen molar-refractivity contribution in [2.24, 2.45) is 0 Å². The molecule has 256 valence electrons. The van der Waals surface area contributed by atoms with Crippen molar-refractivity contribution in [3.05, 3.63) is 95.6 Å². The number of amides is 2. The first-order valence-corrected chi connectivity index (χ1v) is 18.0. The number of aliphatic hydroxyl groups is 1. The SMILES string of the molecule is CC(C)(C)NC(=O)C(c1ccc(-c2ccccc2)cc1)N(C[C@H]1CC[C@@H]([C@@H]2CC[C@H](CO)O2)O1)C(=O)c1ccc(C2CCCCC2)cc1. The molecule has 5 atom stereocenters. The average molecular weight is 653 g/mol. The van der Waals surface area contributed by atoms with Gasteiger partial charge < -0.3 is 24.8 Å². The third-order valence-electron chi connectivity index (χ3n) is 10.2. The zero-order valence-corrected chi connectivity index (χ0v) is 28.8. The van der Waals surface area contributed by atoms with Crippen molar-refractivity contribution < 1.29 is 24.2 Å². The van der Waals surface area contributed by atoms with Gasteiger partial charge in [0, 0.05) is 17.6 Å². The number of ether oxygens (including phenoxy) is 2. The van der Waals surface area contributed by atoms with Crippen LogP contribution in [0.1, 0.15) is 112 Å². The van der Waals surface area contributed by atoms with E-state index in [0.717, 1.165) is 42.4 Å². The van der Waals surface area contributed by atoms with Crippen molar-refractivity contribution >= 4 is 11.8 Å². The summed E-state index contributed by atoms with van der Waals surface area (Å²) < 4.78 is 12.6. The van der Waals surface area contributed by atoms with Gasteiger partial charge in [-0.25, -0.2) is 0 Å². The van der Waals surface area contributed by atoms with E-state index < -0.39 is 11.6 Å². The normalized spacial score (nSPS) is 23.9. The van der Waals surface area contributed by atoms with Crippen LogP contribution in [-0.4, -0.2) is 64.9 Å². The van der Waals surface area contributed by atoms with Crippen molar-refractivity contribution in [1.82, 2.24) is 10.2 Å². The summed E-state index contributed by atoms with van der Waals surface area (Å²) in [5.41, 5.74) is 4.26. The standard InChI is InChI=1S/C41H52N2O5/c1-41(2,3)42-39(45)38(32-18-14-30(15-19-32)28-10-6-4-7-11-28)43(26-34-22-24-36(47-34)37-25-23-35(27-44)48-37)40(46)33-20-16-31(17-21-33)29-12-8-5-9-13-29/h4,6-7,10-11,14-21,29,34-38,44H,5,8-9,12-13,22-27H2,1-3H3,(H,42,45)/t34-,35-,36+,37+,38?/m1/s1. The van der Waals surface area contributed by atoms with Crippen LogP contribution in [0.2, 0.25) is 0 Å². The zero-order valence-electron chi connectivity index (χ0n) is 28.8. The molecule has 1 saturated carbocycles. The van der Waals surface area contributed by atoms with E-state index in [-0.39, 0.29) is 49.4 Å². The predicted molar refractivity (Wildman–Crippen MR) is 189 cm³/mol. The fraction of sp³-hybridized carbons (Fsp3) is 0.512. The lowest BCUT2D eigenvalue weighted by molar-refractivity contribution is -0.128. The van der Waals surface area contributed by atoms with Crippen molar-refractivity contribution in [3.8, 4) is 11.1 Å². The summed E-state index contributed by atoms with van der Waals surface area (Å²) >= 11 is 0. The fourth-order valence-electron chi connectivity index (χ4n) is 7.71. The summed E-state index contributed by atoms with van der Waals surface area (Å²) in [6.45, 7) is 6.17. The topological polar surface area (TPSA) is 88.1 Å². The summed E-state index contributed by atoms with van der Waals surface area (Å²) in [5, 5.41) is 12.8. The highest BCUT2D eigenvalue weighted by molar-refractivity contribution is 5.98. The van der Waals surface area contributed by atoms with Gasteiger partial charge in [-0.05, 0) is 99.6 Å². The number of hydrogen-bond donors (Lipinski definition) is 2. The van der Waals surface area contributed by atoms with Crippen LogP contribution in [0, 0.1) is 0 Å². The largest absolute Gasteiger partial charge is 0.394 e.